The van der Waals surface area contributed by atoms with Gasteiger partial charge in [-0.3, -0.25) is 62.9 Å². The number of Topliss-reactive ketones (excluding diaryl/α,β-unsaturated/α-hetero) is 4. The van der Waals surface area contributed by atoms with E-state index in [-0.39, 0.29) is 126 Å². The van der Waals surface area contributed by atoms with Crippen LogP contribution in [-0.4, -0.2) is 136 Å². The number of aromatic amines is 1. The summed E-state index contributed by atoms with van der Waals surface area (Å²) >= 11 is 1.43. The molecule has 0 saturated carbocycles. The first-order valence-electron chi connectivity index (χ1n) is 30.9. The predicted octanol–water partition coefficient (Wildman–Crippen LogP) is 2.92. The number of carboxylic acid groups (broad SMARTS) is 1. The fourth-order valence-electron chi connectivity index (χ4n) is 10.4. The molecule has 0 aliphatic heterocycles. The lowest BCUT2D eigenvalue weighted by atomic mass is 9.87. The third-order valence-electron chi connectivity index (χ3n) is 15.6. The maximum atomic E-state index is 15.1. The number of benzene rings is 2. The summed E-state index contributed by atoms with van der Waals surface area (Å²) in [5.74, 6) is -12.7. The maximum Gasteiger partial charge on any atom is 0.304 e. The molecule has 20 N–H and O–H groups in total. The minimum Gasteiger partial charge on any atom is -0.481 e. The smallest absolute Gasteiger partial charge is 0.304 e. The minimum absolute atomic E-state index is 0.00403. The largest absolute Gasteiger partial charge is 0.481 e. The Bertz CT molecular complexity index is 3050. The van der Waals surface area contributed by atoms with Gasteiger partial charge < -0.3 is 71.5 Å². The summed E-state index contributed by atoms with van der Waals surface area (Å²) < 4.78 is 0. The zero-order valence-electron chi connectivity index (χ0n) is 53.4. The van der Waals surface area contributed by atoms with E-state index in [0.717, 1.165) is 16.5 Å². The van der Waals surface area contributed by atoms with Gasteiger partial charge in [-0.15, -0.1) is 0 Å². The summed E-state index contributed by atoms with van der Waals surface area (Å²) in [5.41, 5.74) is 41.3. The number of para-hydroxylation sites is 1. The Hall–Kier alpha value is -8.62. The molecule has 3 aromatic rings. The minimum atomic E-state index is -1.19. The summed E-state index contributed by atoms with van der Waals surface area (Å²) in [4.78, 5) is 155. The van der Waals surface area contributed by atoms with Gasteiger partial charge >= 0.3 is 5.97 Å². The Balaban J connectivity index is 2.11. The average Bonchev–Trinajstić information content (AvgIpc) is 1.97. The summed E-state index contributed by atoms with van der Waals surface area (Å²) in [5, 5.41) is 21.4. The highest BCUT2D eigenvalue weighted by Gasteiger charge is 2.36. The molecule has 9 atom stereocenters. The molecule has 0 aliphatic rings. The van der Waals surface area contributed by atoms with Crippen LogP contribution >= 0.6 is 11.8 Å². The Morgan fingerprint density at radius 3 is 1.71 bits per heavy atom. The van der Waals surface area contributed by atoms with Crippen LogP contribution in [0, 0.1) is 41.4 Å². The molecule has 0 bridgehead atoms. The van der Waals surface area contributed by atoms with Crippen molar-refractivity contribution in [2.45, 2.75) is 149 Å². The molecule has 2 aromatic carbocycles. The first-order valence-corrected chi connectivity index (χ1v) is 32.3. The molecule has 1 heterocycles. The normalized spacial score (nSPS) is 14.4. The molecule has 26 nitrogen and oxygen atoms in total. The van der Waals surface area contributed by atoms with E-state index in [0.29, 0.717) is 17.7 Å². The molecule has 0 fully saturated rings. The molecule has 91 heavy (non-hydrogen) atoms. The van der Waals surface area contributed by atoms with Crippen LogP contribution in [0.3, 0.4) is 0 Å². The molecule has 5 amide bonds. The second kappa shape index (κ2) is 40.2. The van der Waals surface area contributed by atoms with Crippen molar-refractivity contribution < 1.29 is 53.1 Å². The number of carbonyl (C=O) groups is 10. The highest BCUT2D eigenvalue weighted by molar-refractivity contribution is 7.98. The van der Waals surface area contributed by atoms with Crippen molar-refractivity contribution in [2.75, 3.05) is 31.6 Å². The van der Waals surface area contributed by atoms with Crippen LogP contribution in [0.2, 0.25) is 0 Å². The quantitative estimate of drug-likeness (QED) is 0.0167. The number of nitrogens with one attached hydrogen (secondary N) is 5. The molecule has 27 heteroatoms. The Morgan fingerprint density at radius 1 is 0.604 bits per heavy atom. The molecule has 0 saturated heterocycles. The summed E-state index contributed by atoms with van der Waals surface area (Å²) in [6, 6.07) is 13.1. The number of hydrogen-bond acceptors (Lipinski definition) is 14. The van der Waals surface area contributed by atoms with E-state index in [2.05, 4.69) is 41.2 Å². The van der Waals surface area contributed by atoms with Gasteiger partial charge in [-0.1, -0.05) is 95.6 Å². The van der Waals surface area contributed by atoms with Crippen molar-refractivity contribution in [2.24, 2.45) is 96.5 Å². The van der Waals surface area contributed by atoms with Gasteiger partial charge in [-0.2, -0.15) is 11.8 Å². The number of amides is 5. The van der Waals surface area contributed by atoms with E-state index in [4.69, 9.17) is 40.1 Å². The zero-order chi connectivity index (χ0) is 67.7. The van der Waals surface area contributed by atoms with E-state index in [1.54, 1.807) is 25.3 Å². The number of nitrogens with zero attached hydrogens (tertiary/aromatic N) is 3. The molecule has 0 radical (unpaired) electrons. The van der Waals surface area contributed by atoms with Crippen molar-refractivity contribution in [3.05, 3.63) is 83.7 Å². The predicted molar refractivity (Wildman–Crippen MR) is 354 cm³/mol. The number of fused-ring (bicyclic) bond motifs is 1. The van der Waals surface area contributed by atoms with Gasteiger partial charge in [0.05, 0.1) is 24.2 Å². The number of rotatable bonds is 45. The van der Waals surface area contributed by atoms with E-state index in [9.17, 15) is 43.5 Å². The van der Waals surface area contributed by atoms with Gasteiger partial charge in [0.25, 0.3) is 0 Å². The van der Waals surface area contributed by atoms with Crippen LogP contribution in [0.25, 0.3) is 10.9 Å². The first kappa shape index (κ1) is 76.6. The Labute approximate surface area is 537 Å². The number of H-pyrrole nitrogens is 1. The number of carboxylic acids is 1. The Morgan fingerprint density at radius 2 is 1.13 bits per heavy atom. The summed E-state index contributed by atoms with van der Waals surface area (Å²) in [6.45, 7) is 8.93. The number of guanidine groups is 3. The van der Waals surface area contributed by atoms with Crippen molar-refractivity contribution in [3.63, 3.8) is 0 Å². The van der Waals surface area contributed by atoms with Gasteiger partial charge in [-0.25, -0.2) is 0 Å². The highest BCUT2D eigenvalue weighted by atomic mass is 32.2. The van der Waals surface area contributed by atoms with E-state index in [1.807, 2.05) is 69.5 Å². The number of carbonyl (C=O) groups excluding carboxylic acids is 9. The van der Waals surface area contributed by atoms with Crippen LogP contribution in [0.15, 0.2) is 87.5 Å². The number of nitrogens with two attached hydrogens (primary N) is 7. The number of primary amides is 1. The van der Waals surface area contributed by atoms with Crippen molar-refractivity contribution in [1.82, 2.24) is 26.3 Å². The Kier molecular flexibility index (Phi) is 33.8. The van der Waals surface area contributed by atoms with E-state index in [1.165, 1.54) is 24.8 Å². The standard InChI is InChI=1S/C64H97N15O11S/c1-7-38(4)56(57(65)86)79-61(90)43(30-40-16-9-8-10-17-40)34-53(82)49(23-27-91-6)77-60(89)44(31-45-36-75-47-21-12-11-20-46(45)47)35-52(81)48(22-15-26-74-64(70)71)76-58(87)42(19-14-25-73-63(68)69)33-54(83)50(28-37(2)3)78-59(88)41(18-13-24-72-62(66)67)32-51(80)39(5)29-55(84)85/h8-12,16-17,20-22,36-39,41-44,49-50,56,75H,7,13-15,18-19,23-35H2,1-6H3,(H2,65,86)(H,76,87)(H,77,89)(H,78,88)(H,79,90)(H,84,85)(H4,66,67,72)(H4,68,69,73)(H4,70,71,74)/b48-22+/t38-,39-,41+,42+,43+,44+,49-,50-,56-/m0/s1. The molecule has 500 valence electrons. The van der Waals surface area contributed by atoms with Crippen LogP contribution in [-0.2, 0) is 60.8 Å². The average molecular weight is 1280 g/mol. The lowest BCUT2D eigenvalue weighted by molar-refractivity contribution is -0.141. The molecule has 3 rings (SSSR count). The summed E-state index contributed by atoms with van der Waals surface area (Å²) in [7, 11) is 0. The lowest BCUT2D eigenvalue weighted by Gasteiger charge is -2.26. The van der Waals surface area contributed by atoms with Gasteiger partial charge in [0.2, 0.25) is 29.5 Å². The third kappa shape index (κ3) is 28.4. The van der Waals surface area contributed by atoms with E-state index < -0.39 is 126 Å². The number of thioether (sulfide) groups is 1. The fourth-order valence-corrected chi connectivity index (χ4v) is 10.9. The topological polar surface area (TPSA) is 474 Å². The van der Waals surface area contributed by atoms with Crippen molar-refractivity contribution >= 4 is 99.2 Å². The maximum absolute atomic E-state index is 15.1. The van der Waals surface area contributed by atoms with Crippen LogP contribution < -0.4 is 61.4 Å². The van der Waals surface area contributed by atoms with Crippen LogP contribution in [0.5, 0.6) is 0 Å². The van der Waals surface area contributed by atoms with Crippen molar-refractivity contribution in [1.29, 1.82) is 0 Å². The monoisotopic (exact) mass is 1280 g/mol. The SMILES string of the molecule is CC[C@H](C)[C@H](NC(=O)[C@@H](CC(=O)[C@H](CCSC)NC(=O)[C@@H](CC(=O)/C(=C\CCN=C(N)N)NC(=O)[C@H](CCCN=C(N)N)CC(=O)[C@H](CC(C)C)NC(=O)[C@H](CCCN=C(N)N)CC(=O)[C@@H](C)CC(=O)O)Cc1c[nH]c2ccccc12)Cc1ccccc1)C(N)=O. The molecule has 1 aromatic heterocycles. The number of aliphatic carboxylic acids is 1. The molecule has 0 unspecified atom stereocenters. The lowest BCUT2D eigenvalue weighted by Crippen LogP contribution is -2.51. The first-order chi connectivity index (χ1) is 43.1. The second-order valence-corrected chi connectivity index (χ2v) is 24.6. The van der Waals surface area contributed by atoms with Gasteiger partial charge in [-0.05, 0) is 98.8 Å². The number of ketones is 4. The fraction of sp³-hybridized carbons (Fsp3) is 0.547. The van der Waals surface area contributed by atoms with Crippen LogP contribution in [0.1, 0.15) is 129 Å². The number of hydrogen-bond donors (Lipinski definition) is 13. The number of aromatic nitrogens is 1. The summed E-state index contributed by atoms with van der Waals surface area (Å²) in [6.07, 6.45) is 4.37. The highest BCUT2D eigenvalue weighted by Crippen LogP contribution is 2.26. The van der Waals surface area contributed by atoms with Gasteiger partial charge in [0.15, 0.2) is 35.2 Å². The second-order valence-electron chi connectivity index (χ2n) is 23.6. The molecular formula is C64H97N15O11S. The molecule has 0 aliphatic carbocycles. The molecule has 0 spiro atoms. The number of allylic oxidation sites excluding steroid dienone is 1. The van der Waals surface area contributed by atoms with E-state index >= 15 is 9.59 Å². The van der Waals surface area contributed by atoms with Gasteiger partial charge in [0, 0.05) is 92.0 Å². The number of aliphatic imine (C=N–C) groups is 3. The third-order valence-corrected chi connectivity index (χ3v) is 16.3. The molecular weight excluding hydrogens is 1190 g/mol. The van der Waals surface area contributed by atoms with Crippen molar-refractivity contribution in [3.8, 4) is 0 Å². The zero-order valence-corrected chi connectivity index (χ0v) is 54.2. The van der Waals surface area contributed by atoms with Crippen LogP contribution in [0.4, 0.5) is 0 Å². The van der Waals surface area contributed by atoms with Gasteiger partial charge in [0.1, 0.15) is 11.8 Å².